The summed E-state index contributed by atoms with van der Waals surface area (Å²) >= 11 is 0. The van der Waals surface area contributed by atoms with Gasteiger partial charge >= 0.3 is 5.97 Å². The average molecular weight is 288 g/mol. The molecule has 2 rings (SSSR count). The maximum atomic E-state index is 13.3. The molecule has 0 aliphatic rings. The maximum Gasteiger partial charge on any atom is 0.352 e. The van der Waals surface area contributed by atoms with Gasteiger partial charge in [-0.1, -0.05) is 30.3 Å². The molecular formula is C17H17FO3. The predicted molar refractivity (Wildman–Crippen MR) is 77.6 cm³/mol. The van der Waals surface area contributed by atoms with Gasteiger partial charge in [-0.3, -0.25) is 0 Å². The standard InChI is InChI=1S/C17H17FO3/c1-3-20-17(19)16(13-7-5-4-6-8-13)21-14-9-10-15(18)12(2)11-14/h4-11,16H,3H2,1-2H3. The van der Waals surface area contributed by atoms with Crippen LogP contribution in [0.2, 0.25) is 0 Å². The third-order valence-electron chi connectivity index (χ3n) is 2.99. The first-order chi connectivity index (χ1) is 10.1. The van der Waals surface area contributed by atoms with E-state index in [-0.39, 0.29) is 12.4 Å². The molecule has 0 aliphatic carbocycles. The van der Waals surface area contributed by atoms with Crippen LogP contribution in [0.15, 0.2) is 48.5 Å². The van der Waals surface area contributed by atoms with Gasteiger partial charge in [0.25, 0.3) is 0 Å². The zero-order chi connectivity index (χ0) is 15.2. The highest BCUT2D eigenvalue weighted by atomic mass is 19.1. The molecule has 2 aromatic carbocycles. The van der Waals surface area contributed by atoms with Crippen molar-refractivity contribution in [2.45, 2.75) is 20.0 Å². The van der Waals surface area contributed by atoms with Crippen molar-refractivity contribution in [1.29, 1.82) is 0 Å². The van der Waals surface area contributed by atoms with E-state index in [2.05, 4.69) is 0 Å². The van der Waals surface area contributed by atoms with Gasteiger partial charge in [0.1, 0.15) is 11.6 Å². The Balaban J connectivity index is 2.27. The Kier molecular flexibility index (Phi) is 4.93. The van der Waals surface area contributed by atoms with Gasteiger partial charge in [0.05, 0.1) is 6.61 Å². The number of hydrogen-bond donors (Lipinski definition) is 0. The Morgan fingerprint density at radius 1 is 1.19 bits per heavy atom. The van der Waals surface area contributed by atoms with Crippen LogP contribution in [0.4, 0.5) is 4.39 Å². The van der Waals surface area contributed by atoms with Crippen LogP contribution >= 0.6 is 0 Å². The normalized spacial score (nSPS) is 11.8. The van der Waals surface area contributed by atoms with E-state index in [0.29, 0.717) is 16.9 Å². The number of hydrogen-bond acceptors (Lipinski definition) is 3. The number of benzene rings is 2. The van der Waals surface area contributed by atoms with Gasteiger partial charge in [-0.25, -0.2) is 9.18 Å². The highest BCUT2D eigenvalue weighted by Gasteiger charge is 2.24. The van der Waals surface area contributed by atoms with Crippen LogP contribution < -0.4 is 4.74 Å². The molecule has 0 amide bonds. The van der Waals surface area contributed by atoms with E-state index >= 15 is 0 Å². The number of carbonyl (C=O) groups excluding carboxylic acids is 1. The Morgan fingerprint density at radius 3 is 2.52 bits per heavy atom. The molecule has 0 aromatic heterocycles. The van der Waals surface area contributed by atoms with Crippen LogP contribution in [-0.4, -0.2) is 12.6 Å². The second kappa shape index (κ2) is 6.88. The monoisotopic (exact) mass is 288 g/mol. The lowest BCUT2D eigenvalue weighted by molar-refractivity contribution is -0.151. The van der Waals surface area contributed by atoms with Crippen LogP contribution in [0.3, 0.4) is 0 Å². The molecule has 0 N–H and O–H groups in total. The third kappa shape index (κ3) is 3.81. The zero-order valence-corrected chi connectivity index (χ0v) is 12.0. The van der Waals surface area contributed by atoms with Gasteiger partial charge in [0.2, 0.25) is 6.10 Å². The number of rotatable bonds is 5. The van der Waals surface area contributed by atoms with Crippen molar-refractivity contribution in [2.24, 2.45) is 0 Å². The van der Waals surface area contributed by atoms with Crippen molar-refractivity contribution in [2.75, 3.05) is 6.61 Å². The van der Waals surface area contributed by atoms with Crippen molar-refractivity contribution >= 4 is 5.97 Å². The summed E-state index contributed by atoms with van der Waals surface area (Å²) in [6.07, 6.45) is -0.865. The summed E-state index contributed by atoms with van der Waals surface area (Å²) in [5.74, 6) is -0.351. The molecular weight excluding hydrogens is 271 g/mol. The largest absolute Gasteiger partial charge is 0.474 e. The third-order valence-corrected chi connectivity index (χ3v) is 2.99. The first kappa shape index (κ1) is 15.0. The number of ether oxygens (including phenoxy) is 2. The Hall–Kier alpha value is -2.36. The van der Waals surface area contributed by atoms with Gasteiger partial charge in [0, 0.05) is 5.56 Å². The number of halogens is 1. The van der Waals surface area contributed by atoms with Gasteiger partial charge < -0.3 is 9.47 Å². The smallest absolute Gasteiger partial charge is 0.352 e. The molecule has 21 heavy (non-hydrogen) atoms. The SMILES string of the molecule is CCOC(=O)C(Oc1ccc(F)c(C)c1)c1ccccc1. The van der Waals surface area contributed by atoms with Crippen LogP contribution in [-0.2, 0) is 9.53 Å². The molecule has 0 radical (unpaired) electrons. The van der Waals surface area contributed by atoms with E-state index in [4.69, 9.17) is 9.47 Å². The molecule has 0 fully saturated rings. The van der Waals surface area contributed by atoms with E-state index in [1.165, 1.54) is 12.1 Å². The summed E-state index contributed by atoms with van der Waals surface area (Å²) in [4.78, 5) is 12.1. The first-order valence-corrected chi connectivity index (χ1v) is 6.76. The minimum atomic E-state index is -0.865. The summed E-state index contributed by atoms with van der Waals surface area (Å²) in [7, 11) is 0. The molecule has 1 unspecified atom stereocenters. The average Bonchev–Trinajstić information content (AvgIpc) is 2.49. The second-order valence-electron chi connectivity index (χ2n) is 4.57. The fraction of sp³-hybridized carbons (Fsp3) is 0.235. The van der Waals surface area contributed by atoms with Crippen LogP contribution in [0, 0.1) is 12.7 Å². The van der Waals surface area contributed by atoms with E-state index in [1.54, 1.807) is 32.0 Å². The molecule has 0 bridgehead atoms. The summed E-state index contributed by atoms with van der Waals surface area (Å²) in [5, 5.41) is 0. The number of aryl methyl sites for hydroxylation is 1. The van der Waals surface area contributed by atoms with Crippen molar-refractivity contribution in [3.8, 4) is 5.75 Å². The van der Waals surface area contributed by atoms with Crippen molar-refractivity contribution in [3.05, 3.63) is 65.5 Å². The lowest BCUT2D eigenvalue weighted by atomic mass is 10.1. The van der Waals surface area contributed by atoms with Gasteiger partial charge in [-0.15, -0.1) is 0 Å². The summed E-state index contributed by atoms with van der Waals surface area (Å²) in [6.45, 7) is 3.65. The molecule has 0 spiro atoms. The molecule has 0 saturated carbocycles. The summed E-state index contributed by atoms with van der Waals surface area (Å²) in [6, 6.07) is 13.4. The topological polar surface area (TPSA) is 35.5 Å². The fourth-order valence-electron chi connectivity index (χ4n) is 1.92. The van der Waals surface area contributed by atoms with Gasteiger partial charge in [0.15, 0.2) is 0 Å². The Bertz CT molecular complexity index is 611. The van der Waals surface area contributed by atoms with Crippen molar-refractivity contribution < 1.29 is 18.7 Å². The van der Waals surface area contributed by atoms with Crippen molar-refractivity contribution in [3.63, 3.8) is 0 Å². The van der Waals surface area contributed by atoms with E-state index in [9.17, 15) is 9.18 Å². The van der Waals surface area contributed by atoms with E-state index < -0.39 is 12.1 Å². The predicted octanol–water partition coefficient (Wildman–Crippen LogP) is 3.82. The molecule has 0 heterocycles. The van der Waals surface area contributed by atoms with E-state index in [1.807, 2.05) is 18.2 Å². The molecule has 4 heteroatoms. The molecule has 2 aromatic rings. The zero-order valence-electron chi connectivity index (χ0n) is 12.0. The highest BCUT2D eigenvalue weighted by molar-refractivity contribution is 5.77. The van der Waals surface area contributed by atoms with Crippen LogP contribution in [0.25, 0.3) is 0 Å². The minimum absolute atomic E-state index is 0.272. The summed E-state index contributed by atoms with van der Waals surface area (Å²) < 4.78 is 24.0. The van der Waals surface area contributed by atoms with E-state index in [0.717, 1.165) is 0 Å². The Labute approximate surface area is 123 Å². The van der Waals surface area contributed by atoms with Gasteiger partial charge in [-0.2, -0.15) is 0 Å². The quantitative estimate of drug-likeness (QED) is 0.785. The molecule has 0 aliphatic heterocycles. The molecule has 0 saturated heterocycles. The minimum Gasteiger partial charge on any atom is -0.474 e. The highest BCUT2D eigenvalue weighted by Crippen LogP contribution is 2.25. The molecule has 110 valence electrons. The fourth-order valence-corrected chi connectivity index (χ4v) is 1.92. The maximum absolute atomic E-state index is 13.3. The first-order valence-electron chi connectivity index (χ1n) is 6.76. The number of esters is 1. The lowest BCUT2D eigenvalue weighted by Crippen LogP contribution is -2.21. The number of carbonyl (C=O) groups is 1. The molecule has 3 nitrogen and oxygen atoms in total. The molecule has 1 atom stereocenters. The second-order valence-corrected chi connectivity index (χ2v) is 4.57. The van der Waals surface area contributed by atoms with Crippen molar-refractivity contribution in [1.82, 2.24) is 0 Å². The lowest BCUT2D eigenvalue weighted by Gasteiger charge is -2.18. The van der Waals surface area contributed by atoms with Crippen LogP contribution in [0.5, 0.6) is 5.75 Å². The van der Waals surface area contributed by atoms with Crippen LogP contribution in [0.1, 0.15) is 24.2 Å². The Morgan fingerprint density at radius 2 is 1.90 bits per heavy atom. The summed E-state index contributed by atoms with van der Waals surface area (Å²) in [5.41, 5.74) is 1.15. The van der Waals surface area contributed by atoms with Gasteiger partial charge in [-0.05, 0) is 37.6 Å².